The first-order valence-electron chi connectivity index (χ1n) is 5.34. The molecular formula is C12H15N3O. The summed E-state index contributed by atoms with van der Waals surface area (Å²) in [6, 6.07) is 10.2. The molecule has 84 valence electrons. The average molecular weight is 217 g/mol. The molecule has 1 atom stereocenters. The smallest absolute Gasteiger partial charge is 0.235 e. The Hall–Kier alpha value is -1.84. The second kappa shape index (κ2) is 4.79. The number of nitrogens with zero attached hydrogens (tertiary/aromatic N) is 2. The first-order chi connectivity index (χ1) is 7.75. The van der Waals surface area contributed by atoms with E-state index in [0.717, 1.165) is 13.1 Å². The number of carbonyl (C=O) groups is 1. The lowest BCUT2D eigenvalue weighted by molar-refractivity contribution is -0.122. The predicted octanol–water partition coefficient (Wildman–Crippen LogP) is 1.17. The quantitative estimate of drug-likeness (QED) is 0.808. The highest BCUT2D eigenvalue weighted by atomic mass is 16.2. The Kier molecular flexibility index (Phi) is 3.19. The van der Waals surface area contributed by atoms with Crippen molar-refractivity contribution in [1.29, 1.82) is 0 Å². The van der Waals surface area contributed by atoms with E-state index in [9.17, 15) is 4.79 Å². The van der Waals surface area contributed by atoms with Crippen molar-refractivity contribution in [3.63, 3.8) is 0 Å². The predicted molar refractivity (Wildman–Crippen MR) is 63.1 cm³/mol. The summed E-state index contributed by atoms with van der Waals surface area (Å²) in [6.07, 6.45) is 1.68. The maximum Gasteiger partial charge on any atom is 0.235 e. The van der Waals surface area contributed by atoms with E-state index in [-0.39, 0.29) is 5.91 Å². The van der Waals surface area contributed by atoms with Crippen LogP contribution in [0.2, 0.25) is 0 Å². The fourth-order valence-corrected chi connectivity index (χ4v) is 1.83. The van der Waals surface area contributed by atoms with Crippen LogP contribution in [0.15, 0.2) is 35.3 Å². The molecule has 1 heterocycles. The molecule has 0 saturated carbocycles. The van der Waals surface area contributed by atoms with Gasteiger partial charge in [-0.15, -0.1) is 0 Å². The van der Waals surface area contributed by atoms with E-state index in [0.29, 0.717) is 5.92 Å². The minimum Gasteiger partial charge on any atom is -0.274 e. The average Bonchev–Trinajstić information content (AvgIpc) is 2.30. The fourth-order valence-electron chi connectivity index (χ4n) is 1.83. The summed E-state index contributed by atoms with van der Waals surface area (Å²) in [5.41, 5.74) is 3.99. The summed E-state index contributed by atoms with van der Waals surface area (Å²) in [6.45, 7) is 3.05. The molecule has 0 bridgehead atoms. The molecule has 4 nitrogen and oxygen atoms in total. The summed E-state index contributed by atoms with van der Waals surface area (Å²) in [7, 11) is 0. The van der Waals surface area contributed by atoms with Gasteiger partial charge >= 0.3 is 0 Å². The second-order valence-corrected chi connectivity index (χ2v) is 3.91. The molecule has 1 aromatic carbocycles. The van der Waals surface area contributed by atoms with Crippen LogP contribution in [0.5, 0.6) is 0 Å². The third kappa shape index (κ3) is 2.59. The third-order valence-electron chi connectivity index (χ3n) is 2.54. The number of benzene rings is 1. The molecule has 1 aliphatic rings. The number of amides is 1. The third-order valence-corrected chi connectivity index (χ3v) is 2.54. The second-order valence-electron chi connectivity index (χ2n) is 3.91. The Balaban J connectivity index is 2.04. The Morgan fingerprint density at radius 2 is 2.19 bits per heavy atom. The van der Waals surface area contributed by atoms with Crippen LogP contribution in [0.1, 0.15) is 18.4 Å². The lowest BCUT2D eigenvalue weighted by atomic mass is 9.98. The van der Waals surface area contributed by atoms with Gasteiger partial charge in [-0.2, -0.15) is 0 Å². The van der Waals surface area contributed by atoms with Gasteiger partial charge in [-0.1, -0.05) is 30.3 Å². The normalized spacial score (nSPS) is 19.6. The number of nitrogens with one attached hydrogen (secondary N) is 1. The zero-order valence-electron chi connectivity index (χ0n) is 9.26. The van der Waals surface area contributed by atoms with Crippen molar-refractivity contribution in [2.75, 3.05) is 13.1 Å². The zero-order valence-corrected chi connectivity index (χ0v) is 9.26. The molecule has 0 fully saturated rings. The number of hydrazine groups is 1. The summed E-state index contributed by atoms with van der Waals surface area (Å²) in [5.74, 6) is 0.276. The molecule has 4 heteroatoms. The highest BCUT2D eigenvalue weighted by Crippen LogP contribution is 2.18. The fraction of sp³-hybridized carbons (Fsp3) is 0.333. The summed E-state index contributed by atoms with van der Waals surface area (Å²) >= 11 is 0. The largest absolute Gasteiger partial charge is 0.274 e. The molecule has 0 aromatic heterocycles. The Labute approximate surface area is 95.0 Å². The van der Waals surface area contributed by atoms with Gasteiger partial charge < -0.3 is 0 Å². The lowest BCUT2D eigenvalue weighted by Crippen LogP contribution is -2.44. The molecular weight excluding hydrogens is 202 g/mol. The monoisotopic (exact) mass is 217 g/mol. The maximum atomic E-state index is 10.9. The molecule has 1 N–H and O–H groups in total. The molecule has 0 aliphatic carbocycles. The van der Waals surface area contributed by atoms with E-state index in [1.807, 2.05) is 18.2 Å². The van der Waals surface area contributed by atoms with Gasteiger partial charge in [-0.25, -0.2) is 0 Å². The van der Waals surface area contributed by atoms with Crippen LogP contribution in [0.25, 0.3) is 0 Å². The SMILES string of the molecule is CC(=O)NN1C=NCC(c2ccccc2)C1. The van der Waals surface area contributed by atoms with E-state index < -0.39 is 0 Å². The van der Waals surface area contributed by atoms with Crippen LogP contribution in [0.4, 0.5) is 0 Å². The van der Waals surface area contributed by atoms with Crippen molar-refractivity contribution in [3.8, 4) is 0 Å². The van der Waals surface area contributed by atoms with E-state index in [1.165, 1.54) is 12.5 Å². The molecule has 16 heavy (non-hydrogen) atoms. The van der Waals surface area contributed by atoms with E-state index in [2.05, 4.69) is 22.6 Å². The Morgan fingerprint density at radius 1 is 1.44 bits per heavy atom. The molecule has 2 rings (SSSR count). The molecule has 0 saturated heterocycles. The highest BCUT2D eigenvalue weighted by Gasteiger charge is 2.18. The molecule has 1 unspecified atom stereocenters. The molecule has 0 radical (unpaired) electrons. The number of hydrogen-bond donors (Lipinski definition) is 1. The lowest BCUT2D eigenvalue weighted by Gasteiger charge is -2.28. The van der Waals surface area contributed by atoms with Gasteiger partial charge in [0.2, 0.25) is 5.91 Å². The van der Waals surface area contributed by atoms with Crippen molar-refractivity contribution in [2.24, 2.45) is 4.99 Å². The van der Waals surface area contributed by atoms with Gasteiger partial charge in [0, 0.05) is 25.9 Å². The van der Waals surface area contributed by atoms with Gasteiger partial charge in [-0.3, -0.25) is 20.2 Å². The van der Waals surface area contributed by atoms with Crippen molar-refractivity contribution in [2.45, 2.75) is 12.8 Å². The summed E-state index contributed by atoms with van der Waals surface area (Å²) in [4.78, 5) is 15.2. The van der Waals surface area contributed by atoms with Crippen molar-refractivity contribution >= 4 is 12.2 Å². The van der Waals surface area contributed by atoms with E-state index >= 15 is 0 Å². The number of aliphatic imine (C=N–C) groups is 1. The van der Waals surface area contributed by atoms with Crippen LogP contribution < -0.4 is 5.43 Å². The van der Waals surface area contributed by atoms with Gasteiger partial charge in [-0.05, 0) is 5.56 Å². The standard InChI is InChI=1S/C12H15N3O/c1-10(16)14-15-8-12(7-13-9-15)11-5-3-2-4-6-11/h2-6,9,12H,7-8H2,1H3,(H,14,16). The zero-order chi connectivity index (χ0) is 11.4. The van der Waals surface area contributed by atoms with Gasteiger partial charge in [0.05, 0.1) is 0 Å². The Morgan fingerprint density at radius 3 is 2.88 bits per heavy atom. The number of carbonyl (C=O) groups excluding carboxylic acids is 1. The van der Waals surface area contributed by atoms with Crippen LogP contribution >= 0.6 is 0 Å². The number of hydrogen-bond acceptors (Lipinski definition) is 3. The van der Waals surface area contributed by atoms with Crippen molar-refractivity contribution in [1.82, 2.24) is 10.4 Å². The minimum atomic E-state index is -0.0693. The molecule has 0 spiro atoms. The van der Waals surface area contributed by atoms with E-state index in [1.54, 1.807) is 11.3 Å². The van der Waals surface area contributed by atoms with Gasteiger partial charge in [0.15, 0.2) is 0 Å². The number of rotatable bonds is 2. The molecule has 1 amide bonds. The van der Waals surface area contributed by atoms with E-state index in [4.69, 9.17) is 0 Å². The van der Waals surface area contributed by atoms with Crippen LogP contribution in [-0.2, 0) is 4.79 Å². The summed E-state index contributed by atoms with van der Waals surface area (Å²) in [5, 5.41) is 1.74. The molecule has 1 aromatic rings. The van der Waals surface area contributed by atoms with Crippen LogP contribution in [0, 0.1) is 0 Å². The summed E-state index contributed by atoms with van der Waals surface area (Å²) < 4.78 is 0. The Bertz CT molecular complexity index is 389. The van der Waals surface area contributed by atoms with Gasteiger partial charge in [0.25, 0.3) is 0 Å². The first kappa shape index (κ1) is 10.7. The van der Waals surface area contributed by atoms with Crippen molar-refractivity contribution < 1.29 is 4.79 Å². The highest BCUT2D eigenvalue weighted by molar-refractivity contribution is 5.74. The van der Waals surface area contributed by atoms with Crippen LogP contribution in [-0.4, -0.2) is 30.3 Å². The minimum absolute atomic E-state index is 0.0693. The molecule has 1 aliphatic heterocycles. The van der Waals surface area contributed by atoms with Crippen LogP contribution in [0.3, 0.4) is 0 Å². The first-order valence-corrected chi connectivity index (χ1v) is 5.34. The van der Waals surface area contributed by atoms with Gasteiger partial charge in [0.1, 0.15) is 6.34 Å². The topological polar surface area (TPSA) is 44.7 Å². The van der Waals surface area contributed by atoms with Crippen molar-refractivity contribution in [3.05, 3.63) is 35.9 Å². The maximum absolute atomic E-state index is 10.9.